The number of aryl methyl sites for hydroxylation is 1. The molecule has 1 aromatic heterocycles. The van der Waals surface area contributed by atoms with Gasteiger partial charge in [0.05, 0.1) is 21.9 Å². The number of halogens is 3. The van der Waals surface area contributed by atoms with Crippen LogP contribution in [0.25, 0.3) is 0 Å². The van der Waals surface area contributed by atoms with Gasteiger partial charge in [0, 0.05) is 24.2 Å². The van der Waals surface area contributed by atoms with Crippen LogP contribution in [0, 0.1) is 5.92 Å². The fourth-order valence-electron chi connectivity index (χ4n) is 3.00. The SMILES string of the molecule is CC(C)CNC(=O)c1c(NC(=O)c2cccc(COc3c(Cl)cc(Cl)cc3Cl)c2)cnn1C. The lowest BCUT2D eigenvalue weighted by Gasteiger charge is -2.12. The summed E-state index contributed by atoms with van der Waals surface area (Å²) in [6, 6.07) is 9.97. The summed E-state index contributed by atoms with van der Waals surface area (Å²) in [5.41, 5.74) is 1.72. The second-order valence-corrected chi connectivity index (χ2v) is 9.03. The number of aromatic nitrogens is 2. The number of benzene rings is 2. The van der Waals surface area contributed by atoms with E-state index in [-0.39, 0.29) is 24.1 Å². The molecule has 2 amide bonds. The molecular formula is C23H23Cl3N4O3. The Balaban J connectivity index is 1.71. The van der Waals surface area contributed by atoms with Crippen molar-refractivity contribution in [1.82, 2.24) is 15.1 Å². The van der Waals surface area contributed by atoms with Gasteiger partial charge in [-0.25, -0.2) is 0 Å². The molecule has 0 saturated carbocycles. The third-order valence-corrected chi connectivity index (χ3v) is 5.39. The molecule has 0 spiro atoms. The largest absolute Gasteiger partial charge is 0.486 e. The first-order valence-electron chi connectivity index (χ1n) is 10.1. The number of carbonyl (C=O) groups excluding carboxylic acids is 2. The van der Waals surface area contributed by atoms with Gasteiger partial charge in [0.15, 0.2) is 5.75 Å². The molecule has 10 heteroatoms. The van der Waals surface area contributed by atoms with Crippen LogP contribution in [0.15, 0.2) is 42.6 Å². The summed E-state index contributed by atoms with van der Waals surface area (Å²) >= 11 is 18.2. The van der Waals surface area contributed by atoms with E-state index in [1.165, 1.54) is 23.0 Å². The van der Waals surface area contributed by atoms with Crippen LogP contribution < -0.4 is 15.4 Å². The van der Waals surface area contributed by atoms with E-state index in [0.717, 1.165) is 5.56 Å². The number of carbonyl (C=O) groups is 2. The van der Waals surface area contributed by atoms with E-state index >= 15 is 0 Å². The normalized spacial score (nSPS) is 10.9. The topological polar surface area (TPSA) is 85.2 Å². The van der Waals surface area contributed by atoms with Gasteiger partial charge in [0.1, 0.15) is 12.3 Å². The number of nitrogens with zero attached hydrogens (tertiary/aromatic N) is 2. The van der Waals surface area contributed by atoms with Crippen LogP contribution in [0.3, 0.4) is 0 Å². The zero-order chi connectivity index (χ0) is 24.1. The number of hydrogen-bond acceptors (Lipinski definition) is 4. The highest BCUT2D eigenvalue weighted by atomic mass is 35.5. The summed E-state index contributed by atoms with van der Waals surface area (Å²) in [5, 5.41) is 10.7. The predicted octanol–water partition coefficient (Wildman–Crippen LogP) is 5.60. The van der Waals surface area contributed by atoms with Crippen LogP contribution in [-0.2, 0) is 13.7 Å². The summed E-state index contributed by atoms with van der Waals surface area (Å²) in [7, 11) is 1.64. The van der Waals surface area contributed by atoms with Crippen molar-refractivity contribution in [1.29, 1.82) is 0 Å². The summed E-state index contributed by atoms with van der Waals surface area (Å²) in [6.07, 6.45) is 1.44. The standard InChI is InChI=1S/C23H23Cl3N4O3/c1-13(2)10-27-23(32)20-19(11-28-30(20)3)29-22(31)15-6-4-5-14(7-15)12-33-21-17(25)8-16(24)9-18(21)26/h4-9,11,13H,10,12H2,1-3H3,(H,27,32)(H,29,31). The van der Waals surface area contributed by atoms with Gasteiger partial charge in [-0.05, 0) is 35.7 Å². The summed E-state index contributed by atoms with van der Waals surface area (Å²) < 4.78 is 7.17. The van der Waals surface area contributed by atoms with Crippen LogP contribution in [-0.4, -0.2) is 28.1 Å². The van der Waals surface area contributed by atoms with Gasteiger partial charge in [-0.2, -0.15) is 5.10 Å². The molecule has 0 radical (unpaired) electrons. The maximum Gasteiger partial charge on any atom is 0.271 e. The van der Waals surface area contributed by atoms with E-state index in [1.807, 2.05) is 19.9 Å². The van der Waals surface area contributed by atoms with Gasteiger partial charge in [0.2, 0.25) is 0 Å². The molecule has 0 atom stereocenters. The molecule has 7 nitrogen and oxygen atoms in total. The smallest absolute Gasteiger partial charge is 0.271 e. The van der Waals surface area contributed by atoms with E-state index in [0.29, 0.717) is 44.5 Å². The number of rotatable bonds is 8. The highest BCUT2D eigenvalue weighted by Gasteiger charge is 2.19. The lowest BCUT2D eigenvalue weighted by atomic mass is 10.1. The lowest BCUT2D eigenvalue weighted by Crippen LogP contribution is -2.30. The summed E-state index contributed by atoms with van der Waals surface area (Å²) in [6.45, 7) is 4.65. The second-order valence-electron chi connectivity index (χ2n) is 7.78. The number of ether oxygens (including phenoxy) is 1. The zero-order valence-electron chi connectivity index (χ0n) is 18.3. The van der Waals surface area contributed by atoms with Crippen molar-refractivity contribution in [3.63, 3.8) is 0 Å². The van der Waals surface area contributed by atoms with Crippen molar-refractivity contribution < 1.29 is 14.3 Å². The zero-order valence-corrected chi connectivity index (χ0v) is 20.6. The molecule has 1 heterocycles. The maximum absolute atomic E-state index is 12.9. The number of hydrogen-bond donors (Lipinski definition) is 2. The van der Waals surface area contributed by atoms with Gasteiger partial charge >= 0.3 is 0 Å². The van der Waals surface area contributed by atoms with Crippen molar-refractivity contribution in [3.05, 3.63) is 74.5 Å². The lowest BCUT2D eigenvalue weighted by molar-refractivity contribution is 0.0940. The Morgan fingerprint density at radius 3 is 2.45 bits per heavy atom. The first-order valence-corrected chi connectivity index (χ1v) is 11.3. The minimum absolute atomic E-state index is 0.137. The monoisotopic (exact) mass is 508 g/mol. The third-order valence-electron chi connectivity index (χ3n) is 4.61. The molecule has 174 valence electrons. The van der Waals surface area contributed by atoms with E-state index < -0.39 is 0 Å². The first-order chi connectivity index (χ1) is 15.7. The summed E-state index contributed by atoms with van der Waals surface area (Å²) in [5.74, 6) is -0.0870. The van der Waals surface area contributed by atoms with Gasteiger partial charge in [-0.3, -0.25) is 14.3 Å². The molecule has 0 saturated heterocycles. The van der Waals surface area contributed by atoms with Crippen molar-refractivity contribution in [2.45, 2.75) is 20.5 Å². The molecule has 2 N–H and O–H groups in total. The molecule has 3 rings (SSSR count). The van der Waals surface area contributed by atoms with Crippen LogP contribution in [0.5, 0.6) is 5.75 Å². The molecule has 0 aliphatic carbocycles. The molecule has 33 heavy (non-hydrogen) atoms. The number of anilines is 1. The Labute approximate surface area is 207 Å². The Bertz CT molecular complexity index is 1150. The molecule has 0 fully saturated rings. The predicted molar refractivity (Wildman–Crippen MR) is 131 cm³/mol. The Hall–Kier alpha value is -2.74. The fraction of sp³-hybridized carbons (Fsp3) is 0.261. The van der Waals surface area contributed by atoms with Gasteiger partial charge in [-0.15, -0.1) is 0 Å². The molecule has 2 aromatic carbocycles. The van der Waals surface area contributed by atoms with E-state index in [2.05, 4.69) is 15.7 Å². The van der Waals surface area contributed by atoms with Crippen LogP contribution in [0.4, 0.5) is 5.69 Å². The van der Waals surface area contributed by atoms with Crippen LogP contribution >= 0.6 is 34.8 Å². The highest BCUT2D eigenvalue weighted by Crippen LogP contribution is 2.36. The first kappa shape index (κ1) is 24.9. The van der Waals surface area contributed by atoms with E-state index in [1.54, 1.807) is 25.2 Å². The van der Waals surface area contributed by atoms with Gasteiger partial charge in [-0.1, -0.05) is 60.8 Å². The maximum atomic E-state index is 12.9. The molecule has 0 unspecified atom stereocenters. The van der Waals surface area contributed by atoms with Crippen molar-refractivity contribution in [3.8, 4) is 5.75 Å². The summed E-state index contributed by atoms with van der Waals surface area (Å²) in [4.78, 5) is 25.4. The van der Waals surface area contributed by atoms with E-state index in [9.17, 15) is 9.59 Å². The Morgan fingerprint density at radius 2 is 1.79 bits per heavy atom. The minimum Gasteiger partial charge on any atom is -0.486 e. The highest BCUT2D eigenvalue weighted by molar-refractivity contribution is 6.40. The number of nitrogens with one attached hydrogen (secondary N) is 2. The Kier molecular flexibility index (Phi) is 8.24. The van der Waals surface area contributed by atoms with E-state index in [4.69, 9.17) is 39.5 Å². The Morgan fingerprint density at radius 1 is 1.09 bits per heavy atom. The number of amides is 2. The van der Waals surface area contributed by atoms with Crippen molar-refractivity contribution in [2.24, 2.45) is 13.0 Å². The average molecular weight is 510 g/mol. The van der Waals surface area contributed by atoms with Gasteiger partial charge in [0.25, 0.3) is 11.8 Å². The third kappa shape index (κ3) is 6.41. The minimum atomic E-state index is -0.384. The quantitative estimate of drug-likeness (QED) is 0.414. The van der Waals surface area contributed by atoms with Crippen molar-refractivity contribution >= 4 is 52.3 Å². The molecular weight excluding hydrogens is 487 g/mol. The van der Waals surface area contributed by atoms with Crippen molar-refractivity contribution in [2.75, 3.05) is 11.9 Å². The molecule has 0 aliphatic rings. The second kappa shape index (κ2) is 10.9. The molecule has 0 bridgehead atoms. The fourth-order valence-corrected chi connectivity index (χ4v) is 3.92. The van der Waals surface area contributed by atoms with Crippen LogP contribution in [0.1, 0.15) is 40.3 Å². The van der Waals surface area contributed by atoms with Gasteiger partial charge < -0.3 is 15.4 Å². The van der Waals surface area contributed by atoms with Crippen LogP contribution in [0.2, 0.25) is 15.1 Å². The molecule has 3 aromatic rings. The molecule has 0 aliphatic heterocycles. The average Bonchev–Trinajstić information content (AvgIpc) is 3.11.